The van der Waals surface area contributed by atoms with Crippen molar-refractivity contribution in [2.45, 2.75) is 45.8 Å². The van der Waals surface area contributed by atoms with Gasteiger partial charge in [-0.05, 0) is 44.4 Å². The zero-order valence-electron chi connectivity index (χ0n) is 12.1. The van der Waals surface area contributed by atoms with E-state index in [1.165, 1.54) is 24.1 Å². The first-order valence-corrected chi connectivity index (χ1v) is 7.09. The highest BCUT2D eigenvalue weighted by atomic mass is 15.2. The molecule has 1 fully saturated rings. The second-order valence-electron chi connectivity index (χ2n) is 5.68. The highest BCUT2D eigenvalue weighted by Crippen LogP contribution is 2.25. The number of aryl methyl sites for hydroxylation is 1. The first kappa shape index (κ1) is 13.6. The Labute approximate surface area is 111 Å². The van der Waals surface area contributed by atoms with Crippen molar-refractivity contribution in [3.63, 3.8) is 0 Å². The lowest BCUT2D eigenvalue weighted by molar-refractivity contribution is 0.0809. The Kier molecular flexibility index (Phi) is 4.41. The lowest BCUT2D eigenvalue weighted by Crippen LogP contribution is -2.52. The molecule has 2 heteroatoms. The predicted molar refractivity (Wildman–Crippen MR) is 77.7 cm³/mol. The van der Waals surface area contributed by atoms with Crippen molar-refractivity contribution in [2.75, 3.05) is 13.6 Å². The van der Waals surface area contributed by atoms with Gasteiger partial charge < -0.3 is 5.32 Å². The minimum absolute atomic E-state index is 0.649. The van der Waals surface area contributed by atoms with Crippen LogP contribution in [-0.2, 0) is 6.54 Å². The molecule has 1 aliphatic rings. The summed E-state index contributed by atoms with van der Waals surface area (Å²) in [6.07, 6.45) is 1.26. The van der Waals surface area contributed by atoms with Crippen LogP contribution < -0.4 is 5.32 Å². The minimum atomic E-state index is 0.649. The highest BCUT2D eigenvalue weighted by molar-refractivity contribution is 5.25. The molecule has 0 aliphatic carbocycles. The second-order valence-corrected chi connectivity index (χ2v) is 5.68. The fourth-order valence-corrected chi connectivity index (χ4v) is 3.08. The number of benzene rings is 1. The zero-order chi connectivity index (χ0) is 13.1. The Bertz CT molecular complexity index is 388. The number of nitrogens with zero attached hydrogens (tertiary/aromatic N) is 1. The Morgan fingerprint density at radius 1 is 1.28 bits per heavy atom. The Hall–Kier alpha value is -0.860. The highest BCUT2D eigenvalue weighted by Gasteiger charge is 2.31. The van der Waals surface area contributed by atoms with Gasteiger partial charge in [-0.15, -0.1) is 0 Å². The summed E-state index contributed by atoms with van der Waals surface area (Å²) in [4.78, 5) is 2.63. The molecule has 1 saturated heterocycles. The van der Waals surface area contributed by atoms with E-state index < -0.39 is 0 Å². The van der Waals surface area contributed by atoms with Gasteiger partial charge in [-0.25, -0.2) is 0 Å². The first-order valence-electron chi connectivity index (χ1n) is 7.09. The number of nitrogens with one attached hydrogen (secondary N) is 1. The molecule has 2 nitrogen and oxygen atoms in total. The van der Waals surface area contributed by atoms with Gasteiger partial charge in [0.2, 0.25) is 0 Å². The lowest BCUT2D eigenvalue weighted by Gasteiger charge is -2.42. The smallest absolute Gasteiger partial charge is 0.0239 e. The van der Waals surface area contributed by atoms with Gasteiger partial charge in [-0.1, -0.05) is 31.2 Å². The second kappa shape index (κ2) is 5.85. The summed E-state index contributed by atoms with van der Waals surface area (Å²) in [7, 11) is 2.09. The number of likely N-dealkylation sites (tertiary alicyclic amines) is 1. The molecule has 0 aromatic heterocycles. The Morgan fingerprint density at radius 2 is 2.00 bits per heavy atom. The largest absolute Gasteiger partial charge is 0.317 e. The average molecular weight is 246 g/mol. The van der Waals surface area contributed by atoms with Crippen LogP contribution in [0.15, 0.2) is 24.3 Å². The Morgan fingerprint density at radius 3 is 2.67 bits per heavy atom. The van der Waals surface area contributed by atoms with Crippen molar-refractivity contribution in [3.05, 3.63) is 35.4 Å². The first-order chi connectivity index (χ1) is 8.63. The average Bonchev–Trinajstić information content (AvgIpc) is 2.38. The van der Waals surface area contributed by atoms with E-state index in [0.717, 1.165) is 6.54 Å². The summed E-state index contributed by atoms with van der Waals surface area (Å²) in [5.74, 6) is 0.716. The summed E-state index contributed by atoms with van der Waals surface area (Å²) >= 11 is 0. The van der Waals surface area contributed by atoms with E-state index >= 15 is 0 Å². The normalized spacial score (nSPS) is 29.4. The SMILES string of the molecule is CNC1CCN(Cc2ccccc2C)C(C)C1C. The van der Waals surface area contributed by atoms with Crippen molar-refractivity contribution in [3.8, 4) is 0 Å². The molecule has 1 aromatic carbocycles. The van der Waals surface area contributed by atoms with Gasteiger partial charge in [-0.3, -0.25) is 4.90 Å². The number of piperidine rings is 1. The van der Waals surface area contributed by atoms with Crippen molar-refractivity contribution in [1.82, 2.24) is 10.2 Å². The third-order valence-corrected chi connectivity index (χ3v) is 4.70. The molecule has 3 unspecified atom stereocenters. The van der Waals surface area contributed by atoms with Crippen LogP contribution in [0.25, 0.3) is 0 Å². The standard InChI is InChI=1S/C16H26N2/c1-12-7-5-6-8-15(12)11-18-10-9-16(17-4)13(2)14(18)3/h5-8,13-14,16-17H,9-11H2,1-4H3. The lowest BCUT2D eigenvalue weighted by atomic mass is 9.86. The summed E-state index contributed by atoms with van der Waals surface area (Å²) in [5, 5.41) is 3.45. The third kappa shape index (κ3) is 2.76. The molecular weight excluding hydrogens is 220 g/mol. The van der Waals surface area contributed by atoms with E-state index in [9.17, 15) is 0 Å². The molecule has 100 valence electrons. The van der Waals surface area contributed by atoms with Crippen molar-refractivity contribution in [1.29, 1.82) is 0 Å². The van der Waals surface area contributed by atoms with Crippen LogP contribution in [-0.4, -0.2) is 30.6 Å². The van der Waals surface area contributed by atoms with Crippen LogP contribution in [0.4, 0.5) is 0 Å². The molecule has 0 bridgehead atoms. The van der Waals surface area contributed by atoms with E-state index in [0.29, 0.717) is 18.0 Å². The van der Waals surface area contributed by atoms with E-state index in [4.69, 9.17) is 0 Å². The van der Waals surface area contributed by atoms with Crippen molar-refractivity contribution >= 4 is 0 Å². The van der Waals surface area contributed by atoms with Gasteiger partial charge in [0, 0.05) is 25.2 Å². The molecule has 0 amide bonds. The minimum Gasteiger partial charge on any atom is -0.317 e. The predicted octanol–water partition coefficient (Wildman–Crippen LogP) is 2.81. The molecule has 1 aliphatic heterocycles. The molecule has 2 rings (SSSR count). The third-order valence-electron chi connectivity index (χ3n) is 4.70. The van der Waals surface area contributed by atoms with Gasteiger partial charge in [0.1, 0.15) is 0 Å². The van der Waals surface area contributed by atoms with Crippen LogP contribution in [0.1, 0.15) is 31.4 Å². The molecule has 1 aromatic rings. The van der Waals surface area contributed by atoms with Gasteiger partial charge in [0.15, 0.2) is 0 Å². The monoisotopic (exact) mass is 246 g/mol. The number of rotatable bonds is 3. The maximum absolute atomic E-state index is 3.45. The fraction of sp³-hybridized carbons (Fsp3) is 0.625. The van der Waals surface area contributed by atoms with Gasteiger partial charge in [0.25, 0.3) is 0 Å². The van der Waals surface area contributed by atoms with Crippen LogP contribution in [0, 0.1) is 12.8 Å². The van der Waals surface area contributed by atoms with E-state index in [2.05, 4.69) is 62.3 Å². The quantitative estimate of drug-likeness (QED) is 0.882. The van der Waals surface area contributed by atoms with Gasteiger partial charge >= 0.3 is 0 Å². The summed E-state index contributed by atoms with van der Waals surface area (Å²) in [5.41, 5.74) is 2.88. The van der Waals surface area contributed by atoms with Gasteiger partial charge in [-0.2, -0.15) is 0 Å². The van der Waals surface area contributed by atoms with E-state index in [1.807, 2.05) is 0 Å². The molecule has 18 heavy (non-hydrogen) atoms. The fourth-order valence-electron chi connectivity index (χ4n) is 3.08. The summed E-state index contributed by atoms with van der Waals surface area (Å²) in [6, 6.07) is 10.1. The maximum atomic E-state index is 3.45. The van der Waals surface area contributed by atoms with Crippen LogP contribution in [0.3, 0.4) is 0 Å². The molecular formula is C16H26N2. The van der Waals surface area contributed by atoms with Crippen LogP contribution >= 0.6 is 0 Å². The topological polar surface area (TPSA) is 15.3 Å². The maximum Gasteiger partial charge on any atom is 0.0239 e. The summed E-state index contributed by atoms with van der Waals surface area (Å²) in [6.45, 7) is 9.24. The molecule has 0 radical (unpaired) electrons. The number of hydrogen-bond donors (Lipinski definition) is 1. The van der Waals surface area contributed by atoms with Gasteiger partial charge in [0.05, 0.1) is 0 Å². The molecule has 1 N–H and O–H groups in total. The van der Waals surface area contributed by atoms with Crippen molar-refractivity contribution < 1.29 is 0 Å². The molecule has 3 atom stereocenters. The zero-order valence-corrected chi connectivity index (χ0v) is 12.1. The van der Waals surface area contributed by atoms with Crippen LogP contribution in [0.5, 0.6) is 0 Å². The van der Waals surface area contributed by atoms with E-state index in [1.54, 1.807) is 0 Å². The molecule has 0 saturated carbocycles. The number of hydrogen-bond acceptors (Lipinski definition) is 2. The van der Waals surface area contributed by atoms with Crippen LogP contribution in [0.2, 0.25) is 0 Å². The van der Waals surface area contributed by atoms with Crippen molar-refractivity contribution in [2.24, 2.45) is 5.92 Å². The molecule has 0 spiro atoms. The summed E-state index contributed by atoms with van der Waals surface area (Å²) < 4.78 is 0. The molecule has 1 heterocycles. The van der Waals surface area contributed by atoms with E-state index in [-0.39, 0.29) is 0 Å². The Balaban J connectivity index is 2.05.